The van der Waals surface area contributed by atoms with Gasteiger partial charge >= 0.3 is 0 Å². The Labute approximate surface area is 123 Å². The van der Waals surface area contributed by atoms with Gasteiger partial charge < -0.3 is 10.6 Å². The fourth-order valence-corrected chi connectivity index (χ4v) is 3.66. The van der Waals surface area contributed by atoms with Crippen LogP contribution in [0.25, 0.3) is 0 Å². The summed E-state index contributed by atoms with van der Waals surface area (Å²) in [5.41, 5.74) is 0. The Kier molecular flexibility index (Phi) is 6.38. The lowest BCUT2D eigenvalue weighted by Crippen LogP contribution is -2.46. The number of likely N-dealkylation sites (N-methyl/N-ethyl adjacent to an activating group) is 1. The summed E-state index contributed by atoms with van der Waals surface area (Å²) in [4.78, 5) is 2.56. The average Bonchev–Trinajstić information content (AvgIpc) is 2.72. The first-order valence-electron chi connectivity index (χ1n) is 8.08. The second kappa shape index (κ2) is 8.05. The molecule has 2 N–H and O–H groups in total. The van der Waals surface area contributed by atoms with Gasteiger partial charge in [0.1, 0.15) is 0 Å². The quantitative estimate of drug-likeness (QED) is 0.613. The molecule has 2 fully saturated rings. The Morgan fingerprint density at radius 3 is 2.53 bits per heavy atom. The Balaban J connectivity index is 1.66. The first kappa shape index (κ1) is 15.0. The van der Waals surface area contributed by atoms with E-state index in [0.717, 1.165) is 18.2 Å². The predicted molar refractivity (Wildman–Crippen MR) is 85.5 cm³/mol. The number of nitrogens with one attached hydrogen (secondary N) is 2. The summed E-state index contributed by atoms with van der Waals surface area (Å²) in [5, 5.41) is 7.82. The van der Waals surface area contributed by atoms with Crippen molar-refractivity contribution >= 4 is 17.3 Å². The number of hydrogen-bond donors (Lipinski definition) is 2. The fourth-order valence-electron chi connectivity index (χ4n) is 3.41. The summed E-state index contributed by atoms with van der Waals surface area (Å²) in [6, 6.07) is 1.28. The summed E-state index contributed by atoms with van der Waals surface area (Å²) < 4.78 is 0. The highest BCUT2D eigenvalue weighted by atomic mass is 32.1. The lowest BCUT2D eigenvalue weighted by atomic mass is 10.1. The molecule has 1 unspecified atom stereocenters. The van der Waals surface area contributed by atoms with Gasteiger partial charge in [-0.3, -0.25) is 4.90 Å². The number of rotatable bonds is 4. The van der Waals surface area contributed by atoms with Gasteiger partial charge in [-0.05, 0) is 51.0 Å². The molecule has 1 atom stereocenters. The third-order valence-corrected chi connectivity index (χ3v) is 4.86. The molecule has 1 saturated carbocycles. The minimum atomic E-state index is 0.605. The zero-order valence-corrected chi connectivity index (χ0v) is 13.1. The molecule has 1 aliphatic heterocycles. The van der Waals surface area contributed by atoms with Gasteiger partial charge in [0.15, 0.2) is 5.11 Å². The van der Waals surface area contributed by atoms with Gasteiger partial charge in [0.05, 0.1) is 0 Å². The SMILES string of the molecule is CCN1CCCC1CNC(=S)NC1CCCCCC1. The van der Waals surface area contributed by atoms with Crippen molar-refractivity contribution in [3.05, 3.63) is 0 Å². The lowest BCUT2D eigenvalue weighted by molar-refractivity contribution is 0.267. The van der Waals surface area contributed by atoms with Crippen LogP contribution in [0.15, 0.2) is 0 Å². The van der Waals surface area contributed by atoms with Crippen LogP contribution in [-0.4, -0.2) is 41.7 Å². The molecule has 2 aliphatic rings. The molecular weight excluding hydrogens is 254 g/mol. The molecule has 2 rings (SSSR count). The van der Waals surface area contributed by atoms with Crippen LogP contribution in [0.2, 0.25) is 0 Å². The molecule has 1 saturated heterocycles. The van der Waals surface area contributed by atoms with Crippen LogP contribution < -0.4 is 10.6 Å². The van der Waals surface area contributed by atoms with Gasteiger partial charge in [0, 0.05) is 18.6 Å². The number of thiocarbonyl (C=S) groups is 1. The standard InChI is InChI=1S/C15H29N3S/c1-2-18-11-7-10-14(18)12-16-15(19)17-13-8-5-3-4-6-9-13/h13-14H,2-12H2,1H3,(H2,16,17,19). The number of nitrogens with zero attached hydrogens (tertiary/aromatic N) is 1. The largest absolute Gasteiger partial charge is 0.361 e. The highest BCUT2D eigenvalue weighted by molar-refractivity contribution is 7.80. The van der Waals surface area contributed by atoms with Crippen molar-refractivity contribution < 1.29 is 0 Å². The first-order valence-corrected chi connectivity index (χ1v) is 8.49. The highest BCUT2D eigenvalue weighted by Gasteiger charge is 2.23. The van der Waals surface area contributed by atoms with Crippen molar-refractivity contribution in [2.24, 2.45) is 0 Å². The molecule has 0 radical (unpaired) electrons. The van der Waals surface area contributed by atoms with E-state index >= 15 is 0 Å². The second-order valence-corrected chi connectivity index (χ2v) is 6.38. The van der Waals surface area contributed by atoms with Crippen LogP contribution in [0, 0.1) is 0 Å². The predicted octanol–water partition coefficient (Wildman–Crippen LogP) is 2.66. The molecule has 0 amide bonds. The Morgan fingerprint density at radius 2 is 1.84 bits per heavy atom. The van der Waals surface area contributed by atoms with Crippen LogP contribution in [0.4, 0.5) is 0 Å². The fraction of sp³-hybridized carbons (Fsp3) is 0.933. The van der Waals surface area contributed by atoms with Crippen LogP contribution in [0.5, 0.6) is 0 Å². The van der Waals surface area contributed by atoms with Crippen LogP contribution >= 0.6 is 12.2 Å². The van der Waals surface area contributed by atoms with Crippen molar-refractivity contribution in [2.75, 3.05) is 19.6 Å². The summed E-state index contributed by atoms with van der Waals surface area (Å²) >= 11 is 5.45. The van der Waals surface area contributed by atoms with Gasteiger partial charge in [-0.1, -0.05) is 32.6 Å². The van der Waals surface area contributed by atoms with Crippen molar-refractivity contribution in [3.8, 4) is 0 Å². The molecule has 110 valence electrons. The van der Waals surface area contributed by atoms with Gasteiger partial charge in [-0.15, -0.1) is 0 Å². The Hall–Kier alpha value is -0.350. The van der Waals surface area contributed by atoms with E-state index in [1.807, 2.05) is 0 Å². The minimum absolute atomic E-state index is 0.605. The molecule has 0 aromatic rings. The van der Waals surface area contributed by atoms with E-state index in [9.17, 15) is 0 Å². The maximum absolute atomic E-state index is 5.45. The lowest BCUT2D eigenvalue weighted by Gasteiger charge is -2.25. The molecule has 1 heterocycles. The zero-order chi connectivity index (χ0) is 13.5. The van der Waals surface area contributed by atoms with E-state index in [1.165, 1.54) is 57.9 Å². The zero-order valence-electron chi connectivity index (χ0n) is 12.3. The van der Waals surface area contributed by atoms with Crippen molar-refractivity contribution in [1.29, 1.82) is 0 Å². The van der Waals surface area contributed by atoms with Crippen LogP contribution in [0.3, 0.4) is 0 Å². The third kappa shape index (κ3) is 4.92. The number of likely N-dealkylation sites (tertiary alicyclic amines) is 1. The molecule has 0 aromatic carbocycles. The van der Waals surface area contributed by atoms with E-state index < -0.39 is 0 Å². The van der Waals surface area contributed by atoms with Crippen molar-refractivity contribution in [3.63, 3.8) is 0 Å². The van der Waals surface area contributed by atoms with Crippen LogP contribution in [-0.2, 0) is 0 Å². The summed E-state index contributed by atoms with van der Waals surface area (Å²) in [7, 11) is 0. The van der Waals surface area contributed by atoms with E-state index in [2.05, 4.69) is 22.5 Å². The molecular formula is C15H29N3S. The van der Waals surface area contributed by atoms with Crippen molar-refractivity contribution in [2.45, 2.75) is 70.4 Å². The Morgan fingerprint density at radius 1 is 1.11 bits per heavy atom. The van der Waals surface area contributed by atoms with E-state index in [0.29, 0.717) is 12.1 Å². The van der Waals surface area contributed by atoms with Crippen molar-refractivity contribution in [1.82, 2.24) is 15.5 Å². The van der Waals surface area contributed by atoms with E-state index in [4.69, 9.17) is 12.2 Å². The molecule has 4 heteroatoms. The van der Waals surface area contributed by atoms with Gasteiger partial charge in [0.25, 0.3) is 0 Å². The summed E-state index contributed by atoms with van der Waals surface area (Å²) in [6.45, 7) is 5.67. The van der Waals surface area contributed by atoms with E-state index in [1.54, 1.807) is 0 Å². The topological polar surface area (TPSA) is 27.3 Å². The maximum atomic E-state index is 5.45. The molecule has 19 heavy (non-hydrogen) atoms. The monoisotopic (exact) mass is 283 g/mol. The summed E-state index contributed by atoms with van der Waals surface area (Å²) in [6.07, 6.45) is 10.7. The van der Waals surface area contributed by atoms with Crippen LogP contribution in [0.1, 0.15) is 58.3 Å². The average molecular weight is 283 g/mol. The normalized spacial score (nSPS) is 26.1. The van der Waals surface area contributed by atoms with Gasteiger partial charge in [0.2, 0.25) is 0 Å². The Bertz CT molecular complexity index is 275. The maximum Gasteiger partial charge on any atom is 0.166 e. The molecule has 0 aromatic heterocycles. The second-order valence-electron chi connectivity index (χ2n) is 5.97. The minimum Gasteiger partial charge on any atom is -0.361 e. The molecule has 1 aliphatic carbocycles. The molecule has 0 spiro atoms. The van der Waals surface area contributed by atoms with Gasteiger partial charge in [-0.25, -0.2) is 0 Å². The number of hydrogen-bond acceptors (Lipinski definition) is 2. The highest BCUT2D eigenvalue weighted by Crippen LogP contribution is 2.17. The first-order chi connectivity index (χ1) is 9.29. The smallest absolute Gasteiger partial charge is 0.166 e. The molecule has 0 bridgehead atoms. The molecule has 3 nitrogen and oxygen atoms in total. The van der Waals surface area contributed by atoms with Gasteiger partial charge in [-0.2, -0.15) is 0 Å². The summed E-state index contributed by atoms with van der Waals surface area (Å²) in [5.74, 6) is 0. The third-order valence-electron chi connectivity index (χ3n) is 4.59. The van der Waals surface area contributed by atoms with E-state index in [-0.39, 0.29) is 0 Å².